The van der Waals surface area contributed by atoms with Crippen LogP contribution in [0.3, 0.4) is 0 Å². The zero-order valence-electron chi connectivity index (χ0n) is 19.1. The summed E-state index contributed by atoms with van der Waals surface area (Å²) in [5.74, 6) is -0.735. The molecule has 0 bridgehead atoms. The number of rotatable bonds is 6. The van der Waals surface area contributed by atoms with Crippen LogP contribution < -0.4 is 9.64 Å². The quantitative estimate of drug-likeness (QED) is 0.487. The summed E-state index contributed by atoms with van der Waals surface area (Å²) >= 11 is 0. The molecule has 5 rings (SSSR count). The number of imide groups is 1. The van der Waals surface area contributed by atoms with Crippen molar-refractivity contribution >= 4 is 27.5 Å². The topological polar surface area (TPSA) is 100 Å². The lowest BCUT2D eigenvalue weighted by atomic mass is 10.2. The number of sulfonamides is 1. The first kappa shape index (κ1) is 23.0. The molecule has 1 fully saturated rings. The standard InChI is InChI=1S/C25H24N4O5S/c1-34-21-10-9-18(17-29-24(30)20-8-5-11-26-23(20)25(29)31)16-22(21)35(32,33)28-14-12-27(13-15-28)19-6-3-2-4-7-19/h2-11,16H,12-15,17H2,1H3. The van der Waals surface area contributed by atoms with Gasteiger partial charge in [0, 0.05) is 38.1 Å². The average Bonchev–Trinajstić information content (AvgIpc) is 3.14. The van der Waals surface area contributed by atoms with Crippen molar-refractivity contribution in [1.29, 1.82) is 0 Å². The molecular weight excluding hydrogens is 468 g/mol. The molecule has 3 aromatic rings. The lowest BCUT2D eigenvalue weighted by Gasteiger charge is -2.35. The van der Waals surface area contributed by atoms with Crippen LogP contribution in [0.2, 0.25) is 0 Å². The van der Waals surface area contributed by atoms with Crippen molar-refractivity contribution < 1.29 is 22.7 Å². The molecule has 180 valence electrons. The van der Waals surface area contributed by atoms with Crippen molar-refractivity contribution in [3.8, 4) is 5.75 Å². The second kappa shape index (κ2) is 9.12. The van der Waals surface area contributed by atoms with Crippen molar-refractivity contribution in [3.63, 3.8) is 0 Å². The number of carbonyl (C=O) groups excluding carboxylic acids is 2. The maximum absolute atomic E-state index is 13.6. The van der Waals surface area contributed by atoms with E-state index in [0.717, 1.165) is 10.6 Å². The van der Waals surface area contributed by atoms with Gasteiger partial charge in [-0.25, -0.2) is 8.42 Å². The minimum atomic E-state index is -3.87. The number of hydrogen-bond acceptors (Lipinski definition) is 7. The van der Waals surface area contributed by atoms with Gasteiger partial charge in [0.1, 0.15) is 16.3 Å². The maximum Gasteiger partial charge on any atom is 0.280 e. The van der Waals surface area contributed by atoms with Gasteiger partial charge in [0.2, 0.25) is 10.0 Å². The molecule has 0 unspecified atom stereocenters. The number of piperazine rings is 1. The molecule has 0 saturated carbocycles. The number of nitrogens with zero attached hydrogens (tertiary/aromatic N) is 4. The van der Waals surface area contributed by atoms with Crippen LogP contribution in [0.15, 0.2) is 71.8 Å². The maximum atomic E-state index is 13.6. The molecule has 1 saturated heterocycles. The van der Waals surface area contributed by atoms with Crippen LogP contribution in [-0.2, 0) is 16.6 Å². The van der Waals surface area contributed by atoms with Gasteiger partial charge in [-0.15, -0.1) is 0 Å². The third kappa shape index (κ3) is 4.15. The summed E-state index contributed by atoms with van der Waals surface area (Å²) in [7, 11) is -2.45. The van der Waals surface area contributed by atoms with E-state index in [1.54, 1.807) is 24.3 Å². The fourth-order valence-electron chi connectivity index (χ4n) is 4.43. The summed E-state index contributed by atoms with van der Waals surface area (Å²) in [5, 5.41) is 0. The Morgan fingerprint density at radius 1 is 0.914 bits per heavy atom. The molecule has 9 nitrogen and oxygen atoms in total. The number of fused-ring (bicyclic) bond motifs is 1. The minimum absolute atomic E-state index is 0.0143. The van der Waals surface area contributed by atoms with E-state index in [1.165, 1.54) is 23.7 Å². The predicted molar refractivity (Wildman–Crippen MR) is 129 cm³/mol. The third-order valence-electron chi connectivity index (χ3n) is 6.28. The van der Waals surface area contributed by atoms with Gasteiger partial charge in [0.05, 0.1) is 19.2 Å². The van der Waals surface area contributed by atoms with Crippen LogP contribution in [0.1, 0.15) is 26.4 Å². The Morgan fingerprint density at radius 2 is 1.66 bits per heavy atom. The Labute approximate surface area is 203 Å². The zero-order chi connectivity index (χ0) is 24.6. The van der Waals surface area contributed by atoms with E-state index < -0.39 is 21.8 Å². The van der Waals surface area contributed by atoms with E-state index in [4.69, 9.17) is 4.74 Å². The van der Waals surface area contributed by atoms with E-state index >= 15 is 0 Å². The first-order valence-electron chi connectivity index (χ1n) is 11.2. The van der Waals surface area contributed by atoms with Gasteiger partial charge in [-0.05, 0) is 42.0 Å². The van der Waals surface area contributed by atoms with Crippen LogP contribution in [0.25, 0.3) is 0 Å². The first-order valence-corrected chi connectivity index (χ1v) is 12.6. The van der Waals surface area contributed by atoms with E-state index in [2.05, 4.69) is 9.88 Å². The Hall–Kier alpha value is -3.76. The van der Waals surface area contributed by atoms with Crippen molar-refractivity contribution in [2.24, 2.45) is 0 Å². The highest BCUT2D eigenvalue weighted by molar-refractivity contribution is 7.89. The van der Waals surface area contributed by atoms with Gasteiger partial charge in [0.15, 0.2) is 0 Å². The van der Waals surface area contributed by atoms with Gasteiger partial charge in [0.25, 0.3) is 11.8 Å². The number of anilines is 1. The third-order valence-corrected chi connectivity index (χ3v) is 8.20. The van der Waals surface area contributed by atoms with Gasteiger partial charge >= 0.3 is 0 Å². The van der Waals surface area contributed by atoms with Crippen molar-refractivity contribution in [2.75, 3.05) is 38.2 Å². The lowest BCUT2D eigenvalue weighted by molar-refractivity contribution is 0.0640. The number of benzene rings is 2. The molecule has 0 aliphatic carbocycles. The highest BCUT2D eigenvalue weighted by Gasteiger charge is 2.37. The Morgan fingerprint density at radius 3 is 2.34 bits per heavy atom. The highest BCUT2D eigenvalue weighted by Crippen LogP contribution is 2.31. The van der Waals surface area contributed by atoms with Crippen LogP contribution >= 0.6 is 0 Å². The van der Waals surface area contributed by atoms with Gasteiger partial charge in [-0.2, -0.15) is 4.31 Å². The van der Waals surface area contributed by atoms with Crippen LogP contribution in [0.4, 0.5) is 5.69 Å². The molecule has 0 atom stereocenters. The lowest BCUT2D eigenvalue weighted by Crippen LogP contribution is -2.48. The molecule has 0 radical (unpaired) electrons. The number of methoxy groups -OCH3 is 1. The van der Waals surface area contributed by atoms with Crippen molar-refractivity contribution in [1.82, 2.24) is 14.2 Å². The Kier molecular flexibility index (Phi) is 6.00. The van der Waals surface area contributed by atoms with Gasteiger partial charge < -0.3 is 9.64 Å². The second-order valence-electron chi connectivity index (χ2n) is 8.31. The van der Waals surface area contributed by atoms with E-state index in [1.807, 2.05) is 30.3 Å². The van der Waals surface area contributed by atoms with Crippen LogP contribution in [0.5, 0.6) is 5.75 Å². The number of carbonyl (C=O) groups is 2. The number of ether oxygens (including phenoxy) is 1. The number of pyridine rings is 1. The SMILES string of the molecule is COc1ccc(CN2C(=O)c3cccnc3C2=O)cc1S(=O)(=O)N1CCN(c2ccccc2)CC1. The predicted octanol–water partition coefficient (Wildman–Crippen LogP) is 2.40. The normalized spacial score (nSPS) is 16.5. The molecule has 2 aromatic carbocycles. The molecule has 10 heteroatoms. The van der Waals surface area contributed by atoms with Gasteiger partial charge in [-0.1, -0.05) is 24.3 Å². The molecule has 0 N–H and O–H groups in total. The van der Waals surface area contributed by atoms with Crippen molar-refractivity contribution in [3.05, 3.63) is 83.7 Å². The second-order valence-corrected chi connectivity index (χ2v) is 10.2. The number of amides is 2. The summed E-state index contributed by atoms with van der Waals surface area (Å²) in [4.78, 5) is 32.7. The summed E-state index contributed by atoms with van der Waals surface area (Å²) in [5.41, 5.74) is 1.91. The number of hydrogen-bond donors (Lipinski definition) is 0. The summed E-state index contributed by atoms with van der Waals surface area (Å²) < 4.78 is 34.0. The van der Waals surface area contributed by atoms with Crippen LogP contribution in [-0.4, -0.2) is 67.7 Å². The zero-order valence-corrected chi connectivity index (χ0v) is 19.9. The summed E-state index contributed by atoms with van der Waals surface area (Å²) in [6.07, 6.45) is 1.46. The first-order chi connectivity index (χ1) is 16.9. The smallest absolute Gasteiger partial charge is 0.280 e. The molecule has 2 amide bonds. The largest absolute Gasteiger partial charge is 0.495 e. The monoisotopic (exact) mass is 492 g/mol. The molecule has 1 aromatic heterocycles. The van der Waals surface area contributed by atoms with Crippen molar-refractivity contribution in [2.45, 2.75) is 11.4 Å². The average molecular weight is 493 g/mol. The minimum Gasteiger partial charge on any atom is -0.495 e. The molecule has 35 heavy (non-hydrogen) atoms. The fraction of sp³-hybridized carbons (Fsp3) is 0.240. The van der Waals surface area contributed by atoms with E-state index in [9.17, 15) is 18.0 Å². The van der Waals surface area contributed by atoms with E-state index in [-0.39, 0.29) is 28.4 Å². The summed E-state index contributed by atoms with van der Waals surface area (Å²) in [6.45, 7) is 1.71. The van der Waals surface area contributed by atoms with E-state index in [0.29, 0.717) is 31.7 Å². The van der Waals surface area contributed by atoms with Gasteiger partial charge in [-0.3, -0.25) is 19.5 Å². The Balaban J connectivity index is 1.37. The number of aromatic nitrogens is 1. The fourth-order valence-corrected chi connectivity index (χ4v) is 6.05. The Bertz CT molecular complexity index is 1350. The summed E-state index contributed by atoms with van der Waals surface area (Å²) in [6, 6.07) is 17.7. The molecule has 3 heterocycles. The highest BCUT2D eigenvalue weighted by atomic mass is 32.2. The van der Waals surface area contributed by atoms with Crippen LogP contribution in [0, 0.1) is 0 Å². The molecule has 0 spiro atoms. The molecule has 2 aliphatic heterocycles. The number of para-hydroxylation sites is 1. The molecule has 2 aliphatic rings. The molecular formula is C25H24N4O5S.